The van der Waals surface area contributed by atoms with Crippen LogP contribution in [-0.2, 0) is 11.4 Å². The van der Waals surface area contributed by atoms with E-state index < -0.39 is 5.54 Å². The topological polar surface area (TPSA) is 17.8 Å². The average molecular weight is 409 g/mol. The van der Waals surface area contributed by atoms with E-state index in [1.165, 1.54) is 16.7 Å². The Bertz CT molecular complexity index is 1170. The number of fused-ring (bicyclic) bond motifs is 1. The number of hydrogen-bond acceptors (Lipinski definition) is 1. The second-order valence-electron chi connectivity index (χ2n) is 7.38. The van der Waals surface area contributed by atoms with Gasteiger partial charge >= 0.3 is 0 Å². The molecule has 0 N–H and O–H groups in total. The lowest BCUT2D eigenvalue weighted by molar-refractivity contribution is 0.529. The van der Waals surface area contributed by atoms with Crippen LogP contribution in [0.3, 0.4) is 0 Å². The van der Waals surface area contributed by atoms with E-state index in [-0.39, 0.29) is 0 Å². The maximum Gasteiger partial charge on any atom is 0.122 e. The van der Waals surface area contributed by atoms with Crippen molar-refractivity contribution in [3.05, 3.63) is 138 Å². The third-order valence-corrected chi connectivity index (χ3v) is 6.01. The summed E-state index contributed by atoms with van der Waals surface area (Å²) in [6, 6.07) is 38.1. The molecule has 0 atom stereocenters. The highest BCUT2D eigenvalue weighted by Crippen LogP contribution is 2.42. The molecule has 0 aliphatic heterocycles. The Morgan fingerprint density at radius 2 is 1.17 bits per heavy atom. The van der Waals surface area contributed by atoms with Gasteiger partial charge < -0.3 is 4.57 Å². The van der Waals surface area contributed by atoms with Gasteiger partial charge in [0.1, 0.15) is 5.54 Å². The highest BCUT2D eigenvalue weighted by molar-refractivity contribution is 6.17. The van der Waals surface area contributed by atoms with Crippen LogP contribution < -0.4 is 0 Å². The molecule has 1 heterocycles. The molecule has 4 aromatic carbocycles. The number of halogens is 1. The van der Waals surface area contributed by atoms with Crippen LogP contribution in [0.15, 0.2) is 116 Å². The SMILES string of the molecule is ClCc1ccc2ncn(C(c3ccccc3)(c3ccccc3)c3ccccc3)c2c1. The fourth-order valence-corrected chi connectivity index (χ4v) is 4.53. The summed E-state index contributed by atoms with van der Waals surface area (Å²) in [5, 5.41) is 0. The lowest BCUT2D eigenvalue weighted by Gasteiger charge is -2.38. The normalized spacial score (nSPS) is 11.6. The molecule has 0 fully saturated rings. The van der Waals surface area contributed by atoms with Gasteiger partial charge in [0.25, 0.3) is 0 Å². The predicted octanol–water partition coefficient (Wildman–Crippen LogP) is 6.62. The Morgan fingerprint density at radius 3 is 1.63 bits per heavy atom. The van der Waals surface area contributed by atoms with Gasteiger partial charge in [0.15, 0.2) is 0 Å². The van der Waals surface area contributed by atoms with E-state index in [1.807, 2.05) is 12.4 Å². The molecule has 0 aliphatic carbocycles. The molecule has 2 nitrogen and oxygen atoms in total. The van der Waals surface area contributed by atoms with Crippen molar-refractivity contribution >= 4 is 22.6 Å². The maximum atomic E-state index is 6.18. The first-order chi connectivity index (χ1) is 14.8. The van der Waals surface area contributed by atoms with Crippen molar-refractivity contribution in [1.29, 1.82) is 0 Å². The van der Waals surface area contributed by atoms with E-state index in [2.05, 4.69) is 108 Å². The molecule has 0 bridgehead atoms. The Balaban J connectivity index is 1.95. The Morgan fingerprint density at radius 1 is 0.667 bits per heavy atom. The Labute approximate surface area is 181 Å². The van der Waals surface area contributed by atoms with E-state index in [0.29, 0.717) is 5.88 Å². The number of hydrogen-bond donors (Lipinski definition) is 0. The van der Waals surface area contributed by atoms with Crippen LogP contribution in [0.25, 0.3) is 11.0 Å². The number of benzene rings is 4. The van der Waals surface area contributed by atoms with E-state index in [0.717, 1.165) is 16.6 Å². The molecule has 3 heteroatoms. The zero-order valence-corrected chi connectivity index (χ0v) is 17.2. The van der Waals surface area contributed by atoms with Crippen LogP contribution in [0.5, 0.6) is 0 Å². The number of aromatic nitrogens is 2. The number of alkyl halides is 1. The zero-order valence-electron chi connectivity index (χ0n) is 16.4. The Kier molecular flexibility index (Phi) is 4.86. The van der Waals surface area contributed by atoms with Crippen molar-refractivity contribution in [3.63, 3.8) is 0 Å². The minimum absolute atomic E-state index is 0.468. The molecule has 0 unspecified atom stereocenters. The highest BCUT2D eigenvalue weighted by atomic mass is 35.5. The van der Waals surface area contributed by atoms with E-state index >= 15 is 0 Å². The van der Waals surface area contributed by atoms with E-state index in [9.17, 15) is 0 Å². The minimum atomic E-state index is -0.566. The summed E-state index contributed by atoms with van der Waals surface area (Å²) in [6.07, 6.45) is 1.95. The van der Waals surface area contributed by atoms with Gasteiger partial charge in [-0.3, -0.25) is 0 Å². The van der Waals surface area contributed by atoms with Crippen molar-refractivity contribution < 1.29 is 0 Å². The summed E-state index contributed by atoms with van der Waals surface area (Å²) in [5.74, 6) is 0.468. The molecular formula is C27H21ClN2. The standard InChI is InChI=1S/C27H21ClN2/c28-19-21-16-17-25-26(18-21)30(20-29-25)27(22-10-4-1-5-11-22,23-12-6-2-7-13-23)24-14-8-3-9-15-24/h1-18,20H,19H2. The van der Waals surface area contributed by atoms with Crippen LogP contribution in [0.4, 0.5) is 0 Å². The largest absolute Gasteiger partial charge is 0.312 e. The fourth-order valence-electron chi connectivity index (χ4n) is 4.36. The van der Waals surface area contributed by atoms with Gasteiger partial charge in [0.2, 0.25) is 0 Å². The monoisotopic (exact) mass is 408 g/mol. The van der Waals surface area contributed by atoms with Gasteiger partial charge in [0, 0.05) is 5.88 Å². The van der Waals surface area contributed by atoms with Crippen molar-refractivity contribution in [3.8, 4) is 0 Å². The highest BCUT2D eigenvalue weighted by Gasteiger charge is 2.39. The zero-order chi connectivity index (χ0) is 20.4. The number of rotatable bonds is 5. The van der Waals surface area contributed by atoms with Gasteiger partial charge in [-0.1, -0.05) is 97.1 Å². The summed E-state index contributed by atoms with van der Waals surface area (Å²) in [4.78, 5) is 4.76. The van der Waals surface area contributed by atoms with Gasteiger partial charge in [-0.15, -0.1) is 11.6 Å². The van der Waals surface area contributed by atoms with Crippen LogP contribution in [0, 0.1) is 0 Å². The van der Waals surface area contributed by atoms with Gasteiger partial charge in [0.05, 0.1) is 17.4 Å². The number of nitrogens with zero attached hydrogens (tertiary/aromatic N) is 2. The third kappa shape index (κ3) is 2.92. The molecule has 5 aromatic rings. The van der Waals surface area contributed by atoms with Crippen molar-refractivity contribution in [2.75, 3.05) is 0 Å². The molecule has 0 amide bonds. The average Bonchev–Trinajstić information content (AvgIpc) is 3.25. The maximum absolute atomic E-state index is 6.18. The molecule has 0 spiro atoms. The molecule has 146 valence electrons. The summed E-state index contributed by atoms with van der Waals surface area (Å²) in [6.45, 7) is 0. The first kappa shape index (κ1) is 18.7. The van der Waals surface area contributed by atoms with Crippen LogP contribution >= 0.6 is 11.6 Å². The second kappa shape index (κ2) is 7.81. The Hall–Kier alpha value is -3.36. The first-order valence-corrected chi connectivity index (χ1v) is 10.6. The number of imidazole rings is 1. The predicted molar refractivity (Wildman–Crippen MR) is 124 cm³/mol. The summed E-state index contributed by atoms with van der Waals surface area (Å²) in [7, 11) is 0. The van der Waals surface area contributed by atoms with Gasteiger partial charge in [-0.25, -0.2) is 4.98 Å². The van der Waals surface area contributed by atoms with Crippen molar-refractivity contribution in [2.24, 2.45) is 0 Å². The molecule has 1 aromatic heterocycles. The molecular weight excluding hydrogens is 388 g/mol. The summed E-state index contributed by atoms with van der Waals surface area (Å²) < 4.78 is 2.29. The van der Waals surface area contributed by atoms with Crippen LogP contribution in [0.2, 0.25) is 0 Å². The molecule has 0 aliphatic rings. The quantitative estimate of drug-likeness (QED) is 0.236. The lowest BCUT2D eigenvalue weighted by atomic mass is 9.76. The lowest BCUT2D eigenvalue weighted by Crippen LogP contribution is -2.37. The summed E-state index contributed by atoms with van der Waals surface area (Å²) >= 11 is 6.18. The first-order valence-electron chi connectivity index (χ1n) is 10.0. The van der Waals surface area contributed by atoms with Crippen molar-refractivity contribution in [1.82, 2.24) is 9.55 Å². The molecule has 0 saturated carbocycles. The third-order valence-electron chi connectivity index (χ3n) is 5.70. The molecule has 0 saturated heterocycles. The molecule has 0 radical (unpaired) electrons. The molecule has 5 rings (SSSR count). The van der Waals surface area contributed by atoms with Gasteiger partial charge in [-0.05, 0) is 34.4 Å². The van der Waals surface area contributed by atoms with E-state index in [1.54, 1.807) is 0 Å². The minimum Gasteiger partial charge on any atom is -0.312 e. The van der Waals surface area contributed by atoms with Gasteiger partial charge in [-0.2, -0.15) is 0 Å². The summed E-state index contributed by atoms with van der Waals surface area (Å²) in [5.41, 5.74) is 6.06. The van der Waals surface area contributed by atoms with Crippen LogP contribution in [-0.4, -0.2) is 9.55 Å². The van der Waals surface area contributed by atoms with Crippen molar-refractivity contribution in [2.45, 2.75) is 11.4 Å². The van der Waals surface area contributed by atoms with E-state index in [4.69, 9.17) is 16.6 Å². The smallest absolute Gasteiger partial charge is 0.122 e. The second-order valence-corrected chi connectivity index (χ2v) is 7.65. The molecule has 30 heavy (non-hydrogen) atoms. The van der Waals surface area contributed by atoms with Crippen LogP contribution in [0.1, 0.15) is 22.3 Å². The fraction of sp³-hybridized carbons (Fsp3) is 0.0741.